The molecule has 0 bridgehead atoms. The molecule has 9 aromatic carbocycles. The standard InChI is InChI=1S/C27H28ClNO4SSi.C21H14ClNO3S.C16H21BrClNO3Si.C12H10OS.CH4/c1-35(2,3)14-13-32-18-29-24-15-19(28)16-26(23(24)17-25(29)27(30)31)34-22-11-9-21(10-12-22)33-20-7-5-4-6-8-20;22-13-10-18-17(12-19(23-18)21(24)25)20(11-13)27-16-8-6-15(7-9-16)26-14-4-2-1-3-5-14;1-21-16(20)15-9-12-13(17)7-11(18)8-14(12)19(15)10-22-5-6-23(2,3)4;14-12-8-6-11(7-9-12)13-10-4-2-1-3-5-10;/h4-12,15-17H,13-14,18H2,1-3H3,(H,30,31);1-12,23H,(H,24,25);7-9H,5-6,10H2,1-4H3;1-9,14H;1H4. The number of aromatic amines is 1. The number of carbonyl (C=O) groups excluding carboxylic acids is 1. The van der Waals surface area contributed by atoms with Gasteiger partial charge in [0.25, 0.3) is 0 Å². The highest BCUT2D eigenvalue weighted by molar-refractivity contribution is 9.10. The van der Waals surface area contributed by atoms with Gasteiger partial charge < -0.3 is 52.8 Å². The average molecular weight is 1560 g/mol. The van der Waals surface area contributed by atoms with Crippen LogP contribution in [-0.4, -0.2) is 78.7 Å². The van der Waals surface area contributed by atoms with Crippen LogP contribution in [0.25, 0.3) is 32.7 Å². The highest BCUT2D eigenvalue weighted by atomic mass is 79.9. The number of fused-ring (bicyclic) bond motifs is 3. The predicted octanol–water partition coefficient (Wildman–Crippen LogP) is 24.3. The molecule has 0 saturated carbocycles. The van der Waals surface area contributed by atoms with Crippen LogP contribution in [0.5, 0.6) is 34.5 Å². The molecule has 0 aliphatic rings. The Kier molecular flexibility index (Phi) is 28.6. The molecular formula is C77H77BrCl3N3O11S3Si2. The van der Waals surface area contributed by atoms with Crippen molar-refractivity contribution >= 4 is 154 Å². The van der Waals surface area contributed by atoms with Crippen LogP contribution in [0.3, 0.4) is 0 Å². The molecule has 0 radical (unpaired) electrons. The summed E-state index contributed by atoms with van der Waals surface area (Å²) in [4.78, 5) is 42.9. The van der Waals surface area contributed by atoms with Crippen molar-refractivity contribution in [3.8, 4) is 34.5 Å². The van der Waals surface area contributed by atoms with E-state index in [9.17, 15) is 24.6 Å². The van der Waals surface area contributed by atoms with E-state index in [1.54, 1.807) is 41.0 Å². The molecule has 23 heteroatoms. The minimum absolute atomic E-state index is 0. The molecule has 0 fully saturated rings. The van der Waals surface area contributed by atoms with Crippen LogP contribution < -0.4 is 14.2 Å². The van der Waals surface area contributed by atoms with Gasteiger partial charge in [-0.05, 0) is 176 Å². The lowest BCUT2D eigenvalue weighted by atomic mass is 10.2. The van der Waals surface area contributed by atoms with E-state index >= 15 is 0 Å². The van der Waals surface area contributed by atoms with E-state index in [0.29, 0.717) is 46.2 Å². The zero-order valence-corrected chi connectivity index (χ0v) is 63.6. The summed E-state index contributed by atoms with van der Waals surface area (Å²) < 4.78 is 38.2. The van der Waals surface area contributed by atoms with Crippen LogP contribution in [0, 0.1) is 0 Å². The monoisotopic (exact) mass is 1560 g/mol. The number of ether oxygens (including phenoxy) is 6. The fraction of sp³-hybridized carbons (Fsp3) is 0.182. The zero-order valence-electron chi connectivity index (χ0n) is 55.3. The lowest BCUT2D eigenvalue weighted by Gasteiger charge is -2.16. The summed E-state index contributed by atoms with van der Waals surface area (Å²) in [5.41, 5.74) is 3.07. The molecule has 0 aliphatic carbocycles. The quantitative estimate of drug-likeness (QED) is 0.0206. The molecule has 100 heavy (non-hydrogen) atoms. The van der Waals surface area contributed by atoms with E-state index in [1.165, 1.54) is 30.6 Å². The summed E-state index contributed by atoms with van der Waals surface area (Å²) in [6.45, 7) is 15.5. The minimum Gasteiger partial charge on any atom is -0.477 e. The van der Waals surface area contributed by atoms with E-state index in [0.717, 1.165) is 103 Å². The SMILES string of the molecule is C.COC(=O)c1cc2c(Br)cc(Cl)cc2n1COCC[Si](C)(C)C.C[Si](C)(C)CCOCn1c(C(=O)O)cc2c(Sc3ccc(Oc4ccccc4)cc3)cc(Cl)cc21.O=C(O)c1cc2c(Sc3ccc(Oc4ccccc4)cc3)cc(Cl)cc2[nH]1.Sc1ccc(Oc2ccccc2)cc1. The number of hydrogen-bond acceptors (Lipinski definition) is 12. The summed E-state index contributed by atoms with van der Waals surface area (Å²) in [5, 5.41) is 23.3. The molecule has 0 atom stereocenters. The summed E-state index contributed by atoms with van der Waals surface area (Å²) in [6.07, 6.45) is 0. The van der Waals surface area contributed by atoms with Crippen LogP contribution in [0.1, 0.15) is 38.9 Å². The number of aromatic nitrogens is 3. The van der Waals surface area contributed by atoms with Gasteiger partial charge in [-0.1, -0.05) is 176 Å². The molecule has 0 aliphatic heterocycles. The van der Waals surface area contributed by atoms with Gasteiger partial charge in [-0.3, -0.25) is 0 Å². The first-order chi connectivity index (χ1) is 47.3. The van der Waals surface area contributed by atoms with Crippen LogP contribution in [0.15, 0.2) is 247 Å². The fourth-order valence-corrected chi connectivity index (χ4v) is 14.7. The predicted molar refractivity (Wildman–Crippen MR) is 419 cm³/mol. The van der Waals surface area contributed by atoms with Crippen molar-refractivity contribution in [1.29, 1.82) is 0 Å². The van der Waals surface area contributed by atoms with Crippen molar-refractivity contribution in [2.75, 3.05) is 20.3 Å². The van der Waals surface area contributed by atoms with Gasteiger partial charge in [0.2, 0.25) is 0 Å². The Morgan fingerprint density at radius 2 is 0.880 bits per heavy atom. The summed E-state index contributed by atoms with van der Waals surface area (Å²) in [5.74, 6) is 2.34. The van der Waals surface area contributed by atoms with Crippen molar-refractivity contribution in [3.05, 3.63) is 255 Å². The van der Waals surface area contributed by atoms with Gasteiger partial charge in [0.1, 0.15) is 65.0 Å². The van der Waals surface area contributed by atoms with Crippen LogP contribution in [0.4, 0.5) is 0 Å². The fourth-order valence-electron chi connectivity index (χ4n) is 9.62. The van der Waals surface area contributed by atoms with Gasteiger partial charge in [-0.25, -0.2) is 14.4 Å². The number of thiol groups is 1. The highest BCUT2D eigenvalue weighted by Gasteiger charge is 2.22. The molecule has 0 saturated heterocycles. The molecule has 0 unspecified atom stereocenters. The first-order valence-electron chi connectivity index (χ1n) is 31.2. The maximum absolute atomic E-state index is 12.1. The maximum atomic E-state index is 12.1. The highest BCUT2D eigenvalue weighted by Crippen LogP contribution is 2.41. The lowest BCUT2D eigenvalue weighted by molar-refractivity contribution is 0.0545. The summed E-state index contributed by atoms with van der Waals surface area (Å²) in [7, 11) is -1.01. The number of para-hydroxylation sites is 3. The average Bonchev–Trinajstić information content (AvgIpc) is 1.63. The third-order valence-corrected chi connectivity index (χ3v) is 21.8. The number of carboxylic acid groups (broad SMARTS) is 2. The van der Waals surface area contributed by atoms with Gasteiger partial charge in [0, 0.05) is 95.1 Å². The first kappa shape index (κ1) is 77.9. The minimum atomic E-state index is -1.24. The van der Waals surface area contributed by atoms with Crippen molar-refractivity contribution in [1.82, 2.24) is 14.1 Å². The summed E-state index contributed by atoms with van der Waals surface area (Å²) >= 11 is 29.5. The Labute approximate surface area is 622 Å². The van der Waals surface area contributed by atoms with Gasteiger partial charge >= 0.3 is 17.9 Å². The van der Waals surface area contributed by atoms with Gasteiger partial charge in [0.15, 0.2) is 0 Å². The first-order valence-corrected chi connectivity index (χ1v) is 42.6. The van der Waals surface area contributed by atoms with Crippen molar-refractivity contribution < 1.29 is 53.0 Å². The van der Waals surface area contributed by atoms with Crippen LogP contribution in [0.2, 0.25) is 66.4 Å². The van der Waals surface area contributed by atoms with Crippen LogP contribution >= 0.6 is 86.9 Å². The number of carboxylic acids is 2. The molecule has 12 aromatic rings. The Hall–Kier alpha value is -7.84. The van der Waals surface area contributed by atoms with E-state index in [1.807, 2.05) is 187 Å². The number of halogens is 4. The second-order valence-electron chi connectivity index (χ2n) is 24.8. The van der Waals surface area contributed by atoms with Crippen LogP contribution in [-0.2, 0) is 27.7 Å². The molecule has 0 amide bonds. The zero-order chi connectivity index (χ0) is 70.8. The van der Waals surface area contributed by atoms with E-state index in [-0.39, 0.29) is 25.5 Å². The molecule has 3 N–H and O–H groups in total. The normalized spacial score (nSPS) is 11.1. The molecule has 14 nitrogen and oxygen atoms in total. The molecule has 3 aromatic heterocycles. The number of benzene rings is 9. The number of esters is 1. The Morgan fingerprint density at radius 1 is 0.490 bits per heavy atom. The van der Waals surface area contributed by atoms with E-state index < -0.39 is 34.1 Å². The Morgan fingerprint density at radius 3 is 1.31 bits per heavy atom. The number of rotatable bonds is 23. The molecule has 0 spiro atoms. The number of nitrogens with zero attached hydrogens (tertiary/aromatic N) is 2. The van der Waals surface area contributed by atoms with E-state index in [4.69, 9.17) is 63.2 Å². The molecular weight excluding hydrogens is 1480 g/mol. The van der Waals surface area contributed by atoms with E-state index in [2.05, 4.69) is 72.8 Å². The van der Waals surface area contributed by atoms with Crippen molar-refractivity contribution in [2.24, 2.45) is 0 Å². The summed E-state index contributed by atoms with van der Waals surface area (Å²) in [6, 6.07) is 70.1. The Balaban J connectivity index is 0.000000176. The molecule has 520 valence electrons. The number of aromatic carboxylic acids is 2. The van der Waals surface area contributed by atoms with Gasteiger partial charge in [-0.2, -0.15) is 0 Å². The topological polar surface area (TPSA) is 173 Å². The number of hydrogen-bond donors (Lipinski definition) is 4. The Bertz CT molecular complexity index is 4690. The number of carbonyl (C=O) groups is 3. The second-order valence-corrected chi connectivity index (χ2v) is 41.0. The largest absolute Gasteiger partial charge is 0.477 e. The third kappa shape index (κ3) is 23.1. The third-order valence-electron chi connectivity index (χ3n) is 14.7. The van der Waals surface area contributed by atoms with Gasteiger partial charge in [0.05, 0.1) is 18.1 Å². The van der Waals surface area contributed by atoms with Crippen molar-refractivity contribution in [3.63, 3.8) is 0 Å². The van der Waals surface area contributed by atoms with Gasteiger partial charge in [-0.15, -0.1) is 12.6 Å². The molecule has 12 rings (SSSR count). The van der Waals surface area contributed by atoms with Crippen molar-refractivity contribution in [2.45, 2.75) is 96.7 Å². The number of methoxy groups -OCH3 is 1. The maximum Gasteiger partial charge on any atom is 0.354 e. The molecule has 3 heterocycles. The number of nitrogens with one attached hydrogen (secondary N) is 1. The smallest absolute Gasteiger partial charge is 0.354 e. The lowest BCUT2D eigenvalue weighted by Crippen LogP contribution is -2.22. The number of H-pyrrole nitrogens is 1. The second kappa shape index (κ2) is 36.7.